The second kappa shape index (κ2) is 10.1. The summed E-state index contributed by atoms with van der Waals surface area (Å²) in [4.78, 5) is 12.2. The van der Waals surface area contributed by atoms with Crippen LogP contribution in [0.15, 0.2) is 36.4 Å². The number of rotatable bonds is 7. The van der Waals surface area contributed by atoms with Crippen LogP contribution in [0.2, 0.25) is 5.02 Å². The number of benzene rings is 2. The Morgan fingerprint density at radius 2 is 2.03 bits per heavy atom. The van der Waals surface area contributed by atoms with Gasteiger partial charge in [-0.1, -0.05) is 17.7 Å². The SMILES string of the molecule is CCOc1ccc(/C=C/C(=O)NCc2cc(Cl)c3c(c2)OCCCO3)cc1OC. The minimum Gasteiger partial charge on any atom is -0.493 e. The molecule has 0 atom stereocenters. The third-order valence-corrected chi connectivity index (χ3v) is 4.52. The Morgan fingerprint density at radius 1 is 1.21 bits per heavy atom. The Kier molecular flexibility index (Phi) is 7.25. The van der Waals surface area contributed by atoms with E-state index in [1.165, 1.54) is 6.08 Å². The predicted molar refractivity (Wildman–Crippen MR) is 112 cm³/mol. The van der Waals surface area contributed by atoms with Crippen molar-refractivity contribution in [3.63, 3.8) is 0 Å². The van der Waals surface area contributed by atoms with E-state index in [1.54, 1.807) is 19.3 Å². The lowest BCUT2D eigenvalue weighted by molar-refractivity contribution is -0.116. The first-order chi connectivity index (χ1) is 14.1. The van der Waals surface area contributed by atoms with Gasteiger partial charge in [-0.15, -0.1) is 0 Å². The van der Waals surface area contributed by atoms with Crippen LogP contribution >= 0.6 is 11.6 Å². The molecule has 0 saturated carbocycles. The molecule has 3 rings (SSSR count). The van der Waals surface area contributed by atoms with Gasteiger partial charge in [0, 0.05) is 19.0 Å². The monoisotopic (exact) mass is 417 g/mol. The van der Waals surface area contributed by atoms with Crippen molar-refractivity contribution in [1.82, 2.24) is 5.32 Å². The third-order valence-electron chi connectivity index (χ3n) is 4.24. The van der Waals surface area contributed by atoms with Gasteiger partial charge in [-0.3, -0.25) is 4.79 Å². The second-order valence-corrected chi connectivity index (χ2v) is 6.76. The Bertz CT molecular complexity index is 897. The number of hydrogen-bond donors (Lipinski definition) is 1. The molecule has 1 N–H and O–H groups in total. The Balaban J connectivity index is 1.61. The molecule has 1 amide bonds. The van der Waals surface area contributed by atoms with Crippen LogP contribution < -0.4 is 24.3 Å². The topological polar surface area (TPSA) is 66.0 Å². The molecule has 0 radical (unpaired) electrons. The molecule has 0 aliphatic carbocycles. The van der Waals surface area contributed by atoms with Gasteiger partial charge in [0.2, 0.25) is 5.91 Å². The normalized spacial score (nSPS) is 13.1. The molecule has 0 unspecified atom stereocenters. The highest BCUT2D eigenvalue weighted by Gasteiger charge is 2.15. The fraction of sp³-hybridized carbons (Fsp3) is 0.318. The van der Waals surface area contributed by atoms with Crippen molar-refractivity contribution in [2.75, 3.05) is 26.9 Å². The summed E-state index contributed by atoms with van der Waals surface area (Å²) in [6.45, 7) is 3.94. The molecule has 0 fully saturated rings. The molecule has 1 heterocycles. The zero-order chi connectivity index (χ0) is 20.6. The smallest absolute Gasteiger partial charge is 0.244 e. The summed E-state index contributed by atoms with van der Waals surface area (Å²) < 4.78 is 22.1. The Hall–Kier alpha value is -2.86. The molecule has 154 valence electrons. The Labute approximate surface area is 175 Å². The number of nitrogens with one attached hydrogen (secondary N) is 1. The molecular weight excluding hydrogens is 394 g/mol. The lowest BCUT2D eigenvalue weighted by Crippen LogP contribution is -2.20. The van der Waals surface area contributed by atoms with E-state index in [-0.39, 0.29) is 5.91 Å². The predicted octanol–water partition coefficient (Wildman–Crippen LogP) is 4.24. The number of amides is 1. The molecule has 6 nitrogen and oxygen atoms in total. The van der Waals surface area contributed by atoms with Gasteiger partial charge in [0.1, 0.15) is 0 Å². The fourth-order valence-electron chi connectivity index (χ4n) is 2.87. The average molecular weight is 418 g/mol. The first kappa shape index (κ1) is 20.9. The number of fused-ring (bicyclic) bond motifs is 1. The third kappa shape index (κ3) is 5.57. The fourth-order valence-corrected chi connectivity index (χ4v) is 3.16. The van der Waals surface area contributed by atoms with Crippen LogP contribution in [0.25, 0.3) is 6.08 Å². The van der Waals surface area contributed by atoms with Gasteiger partial charge in [-0.25, -0.2) is 0 Å². The lowest BCUT2D eigenvalue weighted by atomic mass is 10.1. The number of carbonyl (C=O) groups excluding carboxylic acids is 1. The molecule has 29 heavy (non-hydrogen) atoms. The van der Waals surface area contributed by atoms with Crippen molar-refractivity contribution in [3.05, 3.63) is 52.6 Å². The number of carbonyl (C=O) groups is 1. The molecule has 7 heteroatoms. The minimum atomic E-state index is -0.221. The van der Waals surface area contributed by atoms with Crippen LogP contribution in [0.5, 0.6) is 23.0 Å². The van der Waals surface area contributed by atoms with Crippen LogP contribution in [0.1, 0.15) is 24.5 Å². The molecular formula is C22H24ClNO5. The lowest BCUT2D eigenvalue weighted by Gasteiger charge is -2.12. The van der Waals surface area contributed by atoms with E-state index in [0.717, 1.165) is 17.5 Å². The van der Waals surface area contributed by atoms with E-state index in [2.05, 4.69) is 5.32 Å². The van der Waals surface area contributed by atoms with Crippen LogP contribution in [0.4, 0.5) is 0 Å². The highest BCUT2D eigenvalue weighted by atomic mass is 35.5. The minimum absolute atomic E-state index is 0.221. The van der Waals surface area contributed by atoms with E-state index in [4.69, 9.17) is 30.5 Å². The molecule has 2 aromatic rings. The summed E-state index contributed by atoms with van der Waals surface area (Å²) in [6, 6.07) is 9.11. The molecule has 0 bridgehead atoms. The van der Waals surface area contributed by atoms with Crippen molar-refractivity contribution >= 4 is 23.6 Å². The summed E-state index contributed by atoms with van der Waals surface area (Å²) in [6.07, 6.45) is 3.99. The maximum Gasteiger partial charge on any atom is 0.244 e. The van der Waals surface area contributed by atoms with Gasteiger partial charge in [-0.05, 0) is 48.4 Å². The molecule has 0 aromatic heterocycles. The first-order valence-electron chi connectivity index (χ1n) is 9.45. The molecule has 1 aliphatic rings. The van der Waals surface area contributed by atoms with E-state index < -0.39 is 0 Å². The van der Waals surface area contributed by atoms with Gasteiger partial charge < -0.3 is 24.3 Å². The van der Waals surface area contributed by atoms with Gasteiger partial charge in [0.05, 0.1) is 32.0 Å². The first-order valence-corrected chi connectivity index (χ1v) is 9.83. The highest BCUT2D eigenvalue weighted by molar-refractivity contribution is 6.32. The van der Waals surface area contributed by atoms with Crippen LogP contribution in [-0.4, -0.2) is 32.8 Å². The highest BCUT2D eigenvalue weighted by Crippen LogP contribution is 2.38. The summed E-state index contributed by atoms with van der Waals surface area (Å²) in [7, 11) is 1.58. The molecule has 2 aromatic carbocycles. The number of ether oxygens (including phenoxy) is 4. The Morgan fingerprint density at radius 3 is 2.83 bits per heavy atom. The summed E-state index contributed by atoms with van der Waals surface area (Å²) in [5.74, 6) is 2.24. The van der Waals surface area contributed by atoms with E-state index in [9.17, 15) is 4.79 Å². The standard InChI is InChI=1S/C22H24ClNO5/c1-3-27-18-7-5-15(12-19(18)26-2)6-8-21(25)24-14-16-11-17(23)22-20(13-16)28-9-4-10-29-22/h5-8,11-13H,3-4,9-10,14H2,1-2H3,(H,24,25)/b8-6+. The van der Waals surface area contributed by atoms with Crippen molar-refractivity contribution in [2.45, 2.75) is 19.9 Å². The van der Waals surface area contributed by atoms with Crippen molar-refractivity contribution in [2.24, 2.45) is 0 Å². The van der Waals surface area contributed by atoms with Crippen molar-refractivity contribution in [3.8, 4) is 23.0 Å². The zero-order valence-electron chi connectivity index (χ0n) is 16.5. The van der Waals surface area contributed by atoms with Gasteiger partial charge >= 0.3 is 0 Å². The number of methoxy groups -OCH3 is 1. The van der Waals surface area contributed by atoms with Crippen LogP contribution in [0.3, 0.4) is 0 Å². The molecule has 0 spiro atoms. The largest absolute Gasteiger partial charge is 0.493 e. The summed E-state index contributed by atoms with van der Waals surface area (Å²) >= 11 is 6.29. The number of halogens is 1. The molecule has 1 aliphatic heterocycles. The maximum atomic E-state index is 12.2. The average Bonchev–Trinajstić information content (AvgIpc) is 2.97. The van der Waals surface area contributed by atoms with Gasteiger partial charge in [-0.2, -0.15) is 0 Å². The van der Waals surface area contributed by atoms with Crippen LogP contribution in [0, 0.1) is 0 Å². The number of hydrogen-bond acceptors (Lipinski definition) is 5. The van der Waals surface area contributed by atoms with Gasteiger partial charge in [0.15, 0.2) is 23.0 Å². The van der Waals surface area contributed by atoms with E-state index >= 15 is 0 Å². The van der Waals surface area contributed by atoms with E-state index in [1.807, 2.05) is 31.2 Å². The maximum absolute atomic E-state index is 12.2. The second-order valence-electron chi connectivity index (χ2n) is 6.35. The summed E-state index contributed by atoms with van der Waals surface area (Å²) in [5.41, 5.74) is 1.67. The van der Waals surface area contributed by atoms with Crippen LogP contribution in [-0.2, 0) is 11.3 Å². The van der Waals surface area contributed by atoms with Crippen molar-refractivity contribution < 1.29 is 23.7 Å². The van der Waals surface area contributed by atoms with E-state index in [0.29, 0.717) is 54.4 Å². The zero-order valence-corrected chi connectivity index (χ0v) is 17.3. The van der Waals surface area contributed by atoms with Gasteiger partial charge in [0.25, 0.3) is 0 Å². The van der Waals surface area contributed by atoms with Crippen molar-refractivity contribution in [1.29, 1.82) is 0 Å². The summed E-state index contributed by atoms with van der Waals surface area (Å²) in [5, 5.41) is 3.32. The quantitative estimate of drug-likeness (QED) is 0.682. The molecule has 0 saturated heterocycles.